The van der Waals surface area contributed by atoms with Crippen molar-refractivity contribution in [3.63, 3.8) is 0 Å². The van der Waals surface area contributed by atoms with Crippen LogP contribution < -0.4 is 15.4 Å². The Morgan fingerprint density at radius 3 is 2.56 bits per heavy atom. The summed E-state index contributed by atoms with van der Waals surface area (Å²) in [6.07, 6.45) is 0. The van der Waals surface area contributed by atoms with Crippen LogP contribution in [-0.2, 0) is 16.1 Å². The van der Waals surface area contributed by atoms with Gasteiger partial charge in [0.25, 0.3) is 0 Å². The number of carbonyl (C=O) groups is 2. The number of nitrogens with zero attached hydrogens (tertiary/aromatic N) is 3. The van der Waals surface area contributed by atoms with Gasteiger partial charge in [-0.15, -0.1) is 10.2 Å². The van der Waals surface area contributed by atoms with Gasteiger partial charge in [-0.25, -0.2) is 0 Å². The van der Waals surface area contributed by atoms with Gasteiger partial charge < -0.3 is 19.9 Å². The Hall–Kier alpha value is -3.04. The van der Waals surface area contributed by atoms with E-state index in [1.54, 1.807) is 18.2 Å². The Labute approximate surface area is 195 Å². The van der Waals surface area contributed by atoms with E-state index in [0.717, 1.165) is 11.1 Å². The number of amides is 2. The van der Waals surface area contributed by atoms with Gasteiger partial charge in [-0.2, -0.15) is 0 Å². The third-order valence-electron chi connectivity index (χ3n) is 4.54. The molecule has 0 aliphatic carbocycles. The van der Waals surface area contributed by atoms with Gasteiger partial charge in [-0.3, -0.25) is 9.59 Å². The number of halogens is 1. The number of rotatable bonds is 9. The molecule has 10 heteroatoms. The SMILES string of the molecule is CCn1c(SCC(=O)NCC(=O)Nc2cc(C)ccc2OC)nnc1-c1ccc(Cl)cc1. The van der Waals surface area contributed by atoms with Crippen LogP contribution in [0.15, 0.2) is 47.6 Å². The molecule has 1 aromatic heterocycles. The highest BCUT2D eigenvalue weighted by atomic mass is 35.5. The zero-order valence-electron chi connectivity index (χ0n) is 18.0. The second kappa shape index (κ2) is 11.0. The van der Waals surface area contributed by atoms with Gasteiger partial charge in [0.15, 0.2) is 11.0 Å². The number of thioether (sulfide) groups is 1. The molecule has 2 amide bonds. The molecule has 168 valence electrons. The molecule has 0 aliphatic heterocycles. The first-order chi connectivity index (χ1) is 15.4. The normalized spacial score (nSPS) is 10.6. The second-order valence-electron chi connectivity index (χ2n) is 6.87. The fourth-order valence-electron chi connectivity index (χ4n) is 2.97. The van der Waals surface area contributed by atoms with E-state index in [0.29, 0.717) is 34.0 Å². The van der Waals surface area contributed by atoms with Crippen LogP contribution in [0.5, 0.6) is 5.75 Å². The summed E-state index contributed by atoms with van der Waals surface area (Å²) in [5, 5.41) is 15.1. The lowest BCUT2D eigenvalue weighted by atomic mass is 10.2. The zero-order valence-corrected chi connectivity index (χ0v) is 19.6. The van der Waals surface area contributed by atoms with Crippen LogP contribution in [-0.4, -0.2) is 46.0 Å². The van der Waals surface area contributed by atoms with E-state index < -0.39 is 0 Å². The molecule has 0 saturated heterocycles. The summed E-state index contributed by atoms with van der Waals surface area (Å²) in [6.45, 7) is 4.40. The fraction of sp³-hybridized carbons (Fsp3) is 0.273. The first-order valence-corrected chi connectivity index (χ1v) is 11.3. The number of hydrogen-bond donors (Lipinski definition) is 2. The maximum absolute atomic E-state index is 12.3. The van der Waals surface area contributed by atoms with Crippen LogP contribution in [0, 0.1) is 6.92 Å². The summed E-state index contributed by atoms with van der Waals surface area (Å²) < 4.78 is 7.18. The van der Waals surface area contributed by atoms with Gasteiger partial charge in [0.05, 0.1) is 25.1 Å². The van der Waals surface area contributed by atoms with Crippen LogP contribution >= 0.6 is 23.4 Å². The van der Waals surface area contributed by atoms with Gasteiger partial charge in [0.1, 0.15) is 5.75 Å². The van der Waals surface area contributed by atoms with Gasteiger partial charge in [0, 0.05) is 17.1 Å². The summed E-state index contributed by atoms with van der Waals surface area (Å²) in [6, 6.07) is 12.8. The third-order valence-corrected chi connectivity index (χ3v) is 5.76. The molecular weight excluding hydrogens is 450 g/mol. The molecular formula is C22H24ClN5O3S. The molecule has 1 heterocycles. The minimum absolute atomic E-state index is 0.111. The standard InChI is InChI=1S/C22H24ClN5O3S/c1-4-28-21(15-6-8-16(23)9-7-15)26-27-22(28)32-13-20(30)24-12-19(29)25-17-11-14(2)5-10-18(17)31-3/h5-11H,4,12-13H2,1-3H3,(H,24,30)(H,25,29). The average Bonchev–Trinajstić information content (AvgIpc) is 3.20. The molecule has 2 N–H and O–H groups in total. The van der Waals surface area contributed by atoms with Crippen molar-refractivity contribution >= 4 is 40.9 Å². The Morgan fingerprint density at radius 1 is 1.12 bits per heavy atom. The highest BCUT2D eigenvalue weighted by molar-refractivity contribution is 7.99. The quantitative estimate of drug-likeness (QED) is 0.459. The van der Waals surface area contributed by atoms with Crippen LogP contribution in [0.25, 0.3) is 11.4 Å². The molecule has 0 spiro atoms. The molecule has 2 aromatic carbocycles. The number of hydrogen-bond acceptors (Lipinski definition) is 6. The van der Waals surface area contributed by atoms with Crippen LogP contribution in [0.2, 0.25) is 5.02 Å². The lowest BCUT2D eigenvalue weighted by Gasteiger charge is -2.11. The van der Waals surface area contributed by atoms with E-state index in [4.69, 9.17) is 16.3 Å². The predicted molar refractivity (Wildman–Crippen MR) is 126 cm³/mol. The van der Waals surface area contributed by atoms with Gasteiger partial charge >= 0.3 is 0 Å². The molecule has 0 unspecified atom stereocenters. The average molecular weight is 474 g/mol. The van der Waals surface area contributed by atoms with Crippen LogP contribution in [0.4, 0.5) is 5.69 Å². The lowest BCUT2D eigenvalue weighted by molar-refractivity contribution is -0.122. The Morgan fingerprint density at radius 2 is 1.88 bits per heavy atom. The molecule has 3 aromatic rings. The first-order valence-electron chi connectivity index (χ1n) is 9.94. The number of methoxy groups -OCH3 is 1. The number of anilines is 1. The number of ether oxygens (including phenoxy) is 1. The monoisotopic (exact) mass is 473 g/mol. The zero-order chi connectivity index (χ0) is 23.1. The molecule has 32 heavy (non-hydrogen) atoms. The van der Waals surface area contributed by atoms with Crippen molar-refractivity contribution in [2.75, 3.05) is 24.7 Å². The summed E-state index contributed by atoms with van der Waals surface area (Å²) in [5.41, 5.74) is 2.44. The van der Waals surface area contributed by atoms with E-state index in [9.17, 15) is 9.59 Å². The molecule has 0 fully saturated rings. The topological polar surface area (TPSA) is 98.1 Å². The van der Waals surface area contributed by atoms with Crippen molar-refractivity contribution < 1.29 is 14.3 Å². The van der Waals surface area contributed by atoms with Crippen molar-refractivity contribution in [2.45, 2.75) is 25.5 Å². The summed E-state index contributed by atoms with van der Waals surface area (Å²) >= 11 is 7.22. The maximum Gasteiger partial charge on any atom is 0.243 e. The lowest BCUT2D eigenvalue weighted by Crippen LogP contribution is -2.34. The minimum Gasteiger partial charge on any atom is -0.495 e. The molecule has 0 atom stereocenters. The molecule has 0 radical (unpaired) electrons. The Kier molecular flexibility index (Phi) is 8.13. The largest absolute Gasteiger partial charge is 0.495 e. The third kappa shape index (κ3) is 6.02. The van der Waals surface area contributed by atoms with Gasteiger partial charge in [-0.05, 0) is 55.8 Å². The van der Waals surface area contributed by atoms with Crippen LogP contribution in [0.1, 0.15) is 12.5 Å². The van der Waals surface area contributed by atoms with Gasteiger partial charge in [-0.1, -0.05) is 29.4 Å². The second-order valence-corrected chi connectivity index (χ2v) is 8.25. The van der Waals surface area contributed by atoms with Crippen molar-refractivity contribution in [3.05, 3.63) is 53.1 Å². The van der Waals surface area contributed by atoms with Crippen molar-refractivity contribution in [1.82, 2.24) is 20.1 Å². The number of benzene rings is 2. The van der Waals surface area contributed by atoms with E-state index in [1.807, 2.05) is 42.7 Å². The molecule has 0 aliphatic rings. The van der Waals surface area contributed by atoms with Crippen molar-refractivity contribution in [1.29, 1.82) is 0 Å². The number of aryl methyl sites for hydroxylation is 1. The number of carbonyl (C=O) groups excluding carboxylic acids is 2. The molecule has 0 saturated carbocycles. The smallest absolute Gasteiger partial charge is 0.243 e. The van der Waals surface area contributed by atoms with Crippen molar-refractivity contribution in [2.24, 2.45) is 0 Å². The highest BCUT2D eigenvalue weighted by Gasteiger charge is 2.15. The predicted octanol–water partition coefficient (Wildman–Crippen LogP) is 3.78. The Balaban J connectivity index is 1.53. The summed E-state index contributed by atoms with van der Waals surface area (Å²) in [5.74, 6) is 0.758. The summed E-state index contributed by atoms with van der Waals surface area (Å²) in [7, 11) is 1.53. The van der Waals surface area contributed by atoms with E-state index in [2.05, 4.69) is 20.8 Å². The molecule has 3 rings (SSSR count). The molecule has 0 bridgehead atoms. The summed E-state index contributed by atoms with van der Waals surface area (Å²) in [4.78, 5) is 24.5. The molecule has 8 nitrogen and oxygen atoms in total. The maximum atomic E-state index is 12.3. The van der Waals surface area contributed by atoms with Crippen molar-refractivity contribution in [3.8, 4) is 17.1 Å². The van der Waals surface area contributed by atoms with Crippen LogP contribution in [0.3, 0.4) is 0 Å². The first kappa shape index (κ1) is 23.6. The van der Waals surface area contributed by atoms with E-state index in [1.165, 1.54) is 18.9 Å². The minimum atomic E-state index is -0.339. The van der Waals surface area contributed by atoms with Gasteiger partial charge in [0.2, 0.25) is 11.8 Å². The fourth-order valence-corrected chi connectivity index (χ4v) is 3.93. The highest BCUT2D eigenvalue weighted by Crippen LogP contribution is 2.26. The number of nitrogens with one attached hydrogen (secondary N) is 2. The number of aromatic nitrogens is 3. The Bertz CT molecular complexity index is 1100. The van der Waals surface area contributed by atoms with E-state index >= 15 is 0 Å². The van der Waals surface area contributed by atoms with E-state index in [-0.39, 0.29) is 24.1 Å².